The highest BCUT2D eigenvalue weighted by atomic mass is 16.6. The molecule has 0 bridgehead atoms. The van der Waals surface area contributed by atoms with Crippen LogP contribution >= 0.6 is 0 Å². The van der Waals surface area contributed by atoms with Gasteiger partial charge in [-0.15, -0.1) is 0 Å². The van der Waals surface area contributed by atoms with Gasteiger partial charge in [0, 0.05) is 19.4 Å². The van der Waals surface area contributed by atoms with Crippen molar-refractivity contribution in [3.8, 4) is 0 Å². The molecule has 0 N–H and O–H groups in total. The summed E-state index contributed by atoms with van der Waals surface area (Å²) in [5, 5.41) is 0. The van der Waals surface area contributed by atoms with Gasteiger partial charge in [-0.05, 0) is 96.3 Å². The maximum Gasteiger partial charge on any atom is 0.306 e. The van der Waals surface area contributed by atoms with Crippen molar-refractivity contribution >= 4 is 11.9 Å². The summed E-state index contributed by atoms with van der Waals surface area (Å²) in [5.74, 6) is -0.420. The summed E-state index contributed by atoms with van der Waals surface area (Å²) < 4.78 is 17.4. The van der Waals surface area contributed by atoms with Gasteiger partial charge in [-0.3, -0.25) is 9.59 Å². The molecule has 0 heterocycles. The lowest BCUT2D eigenvalue weighted by Crippen LogP contribution is -2.30. The molecule has 0 saturated heterocycles. The van der Waals surface area contributed by atoms with E-state index >= 15 is 0 Å². The molecule has 0 aliphatic carbocycles. The standard InChI is InChI=1S/C53H96O5/c1-4-7-10-13-16-19-22-25-27-29-31-34-37-40-43-46-52(54)57-50-51(49-56-48-45-42-39-36-33-30-26-23-20-17-14-11-8-5-2)58-53(55)47-44-41-38-35-32-28-24-21-18-15-12-9-6-3/h12,15,20-21,23-25,27,51H,4-11,13-14,16-19,22,26,28-50H2,1-3H3/b15-12-,23-20-,24-21-,27-25-. The fourth-order valence-electron chi connectivity index (χ4n) is 7.01. The predicted molar refractivity (Wildman–Crippen MR) is 251 cm³/mol. The third kappa shape index (κ3) is 46.5. The number of carbonyl (C=O) groups excluding carboxylic acids is 2. The molecule has 1 unspecified atom stereocenters. The summed E-state index contributed by atoms with van der Waals surface area (Å²) >= 11 is 0. The third-order valence-corrected chi connectivity index (χ3v) is 10.8. The molecule has 0 saturated carbocycles. The highest BCUT2D eigenvalue weighted by Crippen LogP contribution is 2.13. The lowest BCUT2D eigenvalue weighted by Gasteiger charge is -2.18. The van der Waals surface area contributed by atoms with Gasteiger partial charge in [0.2, 0.25) is 0 Å². The number of esters is 2. The zero-order valence-electron chi connectivity index (χ0n) is 38.8. The Morgan fingerprint density at radius 1 is 0.379 bits per heavy atom. The van der Waals surface area contributed by atoms with Crippen LogP contribution in [0.15, 0.2) is 48.6 Å². The summed E-state index contributed by atoms with van der Waals surface area (Å²) in [6.45, 7) is 7.73. The molecule has 0 fully saturated rings. The SMILES string of the molecule is CCC/C=C\C/C=C\CCCCCCCC(=O)OC(COCCCCCCCC/C=C\CCCCCC)COC(=O)CCCCCCC/C=C\CCCCCCCC. The molecule has 0 amide bonds. The van der Waals surface area contributed by atoms with Crippen LogP contribution in [0.1, 0.15) is 252 Å². The number of hydrogen-bond donors (Lipinski definition) is 0. The van der Waals surface area contributed by atoms with E-state index in [2.05, 4.69) is 69.4 Å². The Bertz CT molecular complexity index is 966. The van der Waals surface area contributed by atoms with E-state index in [1.807, 2.05) is 0 Å². The molecule has 0 aliphatic rings. The molecule has 5 nitrogen and oxygen atoms in total. The van der Waals surface area contributed by atoms with E-state index in [1.54, 1.807) is 0 Å². The van der Waals surface area contributed by atoms with E-state index in [9.17, 15) is 9.59 Å². The Morgan fingerprint density at radius 3 is 1.24 bits per heavy atom. The molecule has 0 spiro atoms. The number of allylic oxidation sites excluding steroid dienone is 8. The zero-order valence-corrected chi connectivity index (χ0v) is 38.8. The van der Waals surface area contributed by atoms with Crippen LogP contribution in [-0.4, -0.2) is 37.9 Å². The van der Waals surface area contributed by atoms with Gasteiger partial charge in [0.05, 0.1) is 6.61 Å². The average Bonchev–Trinajstić information content (AvgIpc) is 3.22. The van der Waals surface area contributed by atoms with Crippen LogP contribution in [0.5, 0.6) is 0 Å². The van der Waals surface area contributed by atoms with E-state index in [1.165, 1.54) is 148 Å². The molecule has 0 aromatic rings. The summed E-state index contributed by atoms with van der Waals surface area (Å²) in [6, 6.07) is 0. The molecular formula is C53H96O5. The second kappa shape index (κ2) is 49.2. The number of unbranched alkanes of at least 4 members (excludes halogenated alkanes) is 27. The van der Waals surface area contributed by atoms with Gasteiger partial charge in [-0.25, -0.2) is 0 Å². The largest absolute Gasteiger partial charge is 0.462 e. The van der Waals surface area contributed by atoms with E-state index < -0.39 is 6.10 Å². The summed E-state index contributed by atoms with van der Waals surface area (Å²) in [6.07, 6.45) is 59.7. The van der Waals surface area contributed by atoms with Gasteiger partial charge in [0.1, 0.15) is 6.61 Å². The Balaban J connectivity index is 4.29. The van der Waals surface area contributed by atoms with Crippen LogP contribution in [-0.2, 0) is 23.8 Å². The smallest absolute Gasteiger partial charge is 0.306 e. The van der Waals surface area contributed by atoms with Crippen molar-refractivity contribution in [2.45, 2.75) is 258 Å². The summed E-state index contributed by atoms with van der Waals surface area (Å²) in [5.41, 5.74) is 0. The first kappa shape index (κ1) is 55.9. The van der Waals surface area contributed by atoms with Crippen molar-refractivity contribution in [2.24, 2.45) is 0 Å². The van der Waals surface area contributed by atoms with Crippen molar-refractivity contribution in [1.82, 2.24) is 0 Å². The minimum Gasteiger partial charge on any atom is -0.462 e. The fraction of sp³-hybridized carbons (Fsp3) is 0.811. The fourth-order valence-corrected chi connectivity index (χ4v) is 7.01. The van der Waals surface area contributed by atoms with E-state index in [-0.39, 0.29) is 25.2 Å². The Labute approximate surface area is 361 Å². The molecule has 0 aliphatic heterocycles. The lowest BCUT2D eigenvalue weighted by molar-refractivity contribution is -0.163. The quantitative estimate of drug-likeness (QED) is 0.0348. The van der Waals surface area contributed by atoms with Gasteiger partial charge < -0.3 is 14.2 Å². The third-order valence-electron chi connectivity index (χ3n) is 10.8. The van der Waals surface area contributed by atoms with Crippen molar-refractivity contribution in [3.63, 3.8) is 0 Å². The van der Waals surface area contributed by atoms with Crippen molar-refractivity contribution in [1.29, 1.82) is 0 Å². The highest BCUT2D eigenvalue weighted by Gasteiger charge is 2.17. The normalized spacial score (nSPS) is 12.5. The van der Waals surface area contributed by atoms with Crippen LogP contribution in [0.3, 0.4) is 0 Å². The van der Waals surface area contributed by atoms with Crippen molar-refractivity contribution < 1.29 is 23.8 Å². The van der Waals surface area contributed by atoms with Gasteiger partial charge in [-0.1, -0.05) is 191 Å². The number of ether oxygens (including phenoxy) is 3. The monoisotopic (exact) mass is 813 g/mol. The highest BCUT2D eigenvalue weighted by molar-refractivity contribution is 5.70. The van der Waals surface area contributed by atoms with Crippen LogP contribution in [0.4, 0.5) is 0 Å². The van der Waals surface area contributed by atoms with Crippen LogP contribution in [0.25, 0.3) is 0 Å². The van der Waals surface area contributed by atoms with Gasteiger partial charge in [0.25, 0.3) is 0 Å². The van der Waals surface area contributed by atoms with Gasteiger partial charge in [-0.2, -0.15) is 0 Å². The predicted octanol–water partition coefficient (Wildman–Crippen LogP) is 16.8. The second-order valence-corrected chi connectivity index (χ2v) is 16.7. The Kier molecular flexibility index (Phi) is 47.4. The molecule has 0 aromatic carbocycles. The van der Waals surface area contributed by atoms with Crippen LogP contribution in [0.2, 0.25) is 0 Å². The van der Waals surface area contributed by atoms with E-state index in [0.29, 0.717) is 19.4 Å². The topological polar surface area (TPSA) is 61.8 Å². The van der Waals surface area contributed by atoms with Gasteiger partial charge >= 0.3 is 11.9 Å². The average molecular weight is 813 g/mol. The first-order valence-corrected chi connectivity index (χ1v) is 25.2. The Hall–Kier alpha value is -2.14. The van der Waals surface area contributed by atoms with E-state index in [4.69, 9.17) is 14.2 Å². The van der Waals surface area contributed by atoms with Gasteiger partial charge in [0.15, 0.2) is 6.10 Å². The summed E-state index contributed by atoms with van der Waals surface area (Å²) in [4.78, 5) is 25.3. The molecule has 338 valence electrons. The number of carbonyl (C=O) groups is 2. The van der Waals surface area contributed by atoms with Crippen LogP contribution < -0.4 is 0 Å². The summed E-state index contributed by atoms with van der Waals surface area (Å²) in [7, 11) is 0. The molecule has 0 rings (SSSR count). The van der Waals surface area contributed by atoms with Crippen molar-refractivity contribution in [3.05, 3.63) is 48.6 Å². The maximum atomic E-state index is 12.8. The van der Waals surface area contributed by atoms with Crippen molar-refractivity contribution in [2.75, 3.05) is 19.8 Å². The van der Waals surface area contributed by atoms with E-state index in [0.717, 1.165) is 70.6 Å². The molecule has 58 heavy (non-hydrogen) atoms. The lowest BCUT2D eigenvalue weighted by atomic mass is 10.1. The molecular weight excluding hydrogens is 717 g/mol. The molecule has 0 aromatic heterocycles. The first-order chi connectivity index (χ1) is 28.6. The second-order valence-electron chi connectivity index (χ2n) is 16.7. The number of rotatable bonds is 46. The minimum absolute atomic E-state index is 0.0742. The zero-order chi connectivity index (χ0) is 42.1. The molecule has 5 heteroatoms. The molecule has 1 atom stereocenters. The number of hydrogen-bond acceptors (Lipinski definition) is 5. The minimum atomic E-state index is -0.547. The first-order valence-electron chi connectivity index (χ1n) is 25.2. The van der Waals surface area contributed by atoms with Crippen LogP contribution in [0, 0.1) is 0 Å². The molecule has 0 radical (unpaired) electrons. The maximum absolute atomic E-state index is 12.8. The Morgan fingerprint density at radius 2 is 0.759 bits per heavy atom.